The van der Waals surface area contributed by atoms with Gasteiger partial charge in [-0.05, 0) is 79.2 Å². The molecule has 240 valence electrons. The molecule has 1 aromatic heterocycles. The van der Waals surface area contributed by atoms with Crippen molar-refractivity contribution >= 4 is 66.2 Å². The molecule has 0 N–H and O–H groups in total. The maximum Gasteiger partial charge on any atom is 0.534 e. The summed E-state index contributed by atoms with van der Waals surface area (Å²) in [5.74, 6) is -0.521. The third kappa shape index (κ3) is 5.71. The topological polar surface area (TPSA) is 63.0 Å². The van der Waals surface area contributed by atoms with Gasteiger partial charge in [0.15, 0.2) is 5.58 Å². The molecule has 0 aliphatic carbocycles. The fourth-order valence-corrected chi connectivity index (χ4v) is 6.25. The quantitative estimate of drug-likeness (QED) is 0.119. The largest absolute Gasteiger partial charge is 0.534 e. The lowest BCUT2D eigenvalue weighted by molar-refractivity contribution is -0.0500. The van der Waals surface area contributed by atoms with E-state index in [1.807, 2.05) is 145 Å². The Labute approximate surface area is 275 Å². The van der Waals surface area contributed by atoms with Crippen LogP contribution >= 0.6 is 0 Å². The van der Waals surface area contributed by atoms with Gasteiger partial charge in [0.2, 0.25) is 0 Å². The smallest absolute Gasteiger partial charge is 0.454 e. The molecule has 0 aliphatic rings. The first-order valence-corrected chi connectivity index (χ1v) is 16.3. The van der Waals surface area contributed by atoms with Crippen molar-refractivity contribution in [1.29, 1.82) is 0 Å². The number of anilines is 6. The van der Waals surface area contributed by atoms with Crippen LogP contribution in [0.25, 0.3) is 21.9 Å². The van der Waals surface area contributed by atoms with Crippen molar-refractivity contribution in [2.24, 2.45) is 0 Å². The highest BCUT2D eigenvalue weighted by Crippen LogP contribution is 2.49. The van der Waals surface area contributed by atoms with E-state index >= 15 is 0 Å². The van der Waals surface area contributed by atoms with Gasteiger partial charge in [0.25, 0.3) is 0 Å². The molecule has 7 aromatic rings. The molecule has 0 radical (unpaired) electrons. The zero-order valence-corrected chi connectivity index (χ0v) is 26.2. The molecule has 0 bridgehead atoms. The van der Waals surface area contributed by atoms with E-state index in [0.717, 1.165) is 16.9 Å². The number of benzene rings is 6. The summed E-state index contributed by atoms with van der Waals surface area (Å²) in [4.78, 5) is 3.81. The molecule has 0 saturated carbocycles. The number of hydrogen-bond donors (Lipinski definition) is 0. The number of rotatable bonds is 8. The number of hydrogen-bond acceptors (Lipinski definition) is 6. The van der Waals surface area contributed by atoms with Crippen molar-refractivity contribution in [3.8, 4) is 5.75 Å². The van der Waals surface area contributed by atoms with Crippen LogP contribution in [0.1, 0.15) is 5.56 Å². The van der Waals surface area contributed by atoms with Gasteiger partial charge < -0.3 is 18.4 Å². The Balaban J connectivity index is 1.59. The first kappa shape index (κ1) is 30.9. The minimum absolute atomic E-state index is 0.281. The van der Waals surface area contributed by atoms with E-state index in [0.29, 0.717) is 39.0 Å². The SMILES string of the molecule is Cc1cc(N(c2ccccc2)c2ccccc2)c2c(c1)oc1c(N(c3ccccc3)c3ccccc3)cc(OS(=O)(=O)C(F)(F)F)cc12. The molecule has 0 amide bonds. The predicted octanol–water partition coefficient (Wildman–Crippen LogP) is 11.1. The average molecular weight is 665 g/mol. The standard InChI is InChI=1S/C38H27F3N2O4S/c1-26-22-33(42(27-14-6-2-7-15-27)28-16-8-3-9-17-28)36-32-24-31(47-48(44,45)38(39,40)41)25-34(37(32)46-35(36)23-26)43(29-18-10-4-11-19-29)30-20-12-5-13-21-30/h2-25H,1H3. The second kappa shape index (κ2) is 12.1. The highest BCUT2D eigenvalue weighted by Gasteiger charge is 2.48. The number of halogens is 3. The number of para-hydroxylation sites is 4. The summed E-state index contributed by atoms with van der Waals surface area (Å²) in [6, 6.07) is 44.0. The van der Waals surface area contributed by atoms with Crippen molar-refractivity contribution < 1.29 is 30.2 Å². The normalized spacial score (nSPS) is 11.9. The Morgan fingerprint density at radius 3 is 1.48 bits per heavy atom. The van der Waals surface area contributed by atoms with Crippen LogP contribution < -0.4 is 14.0 Å². The van der Waals surface area contributed by atoms with Crippen LogP contribution in [0.2, 0.25) is 0 Å². The zero-order valence-electron chi connectivity index (χ0n) is 25.4. The van der Waals surface area contributed by atoms with Crippen LogP contribution in [0.3, 0.4) is 0 Å². The minimum Gasteiger partial charge on any atom is -0.454 e. The molecule has 10 heteroatoms. The number of furan rings is 1. The number of fused-ring (bicyclic) bond motifs is 3. The molecule has 1 heterocycles. The molecule has 6 aromatic carbocycles. The summed E-state index contributed by atoms with van der Waals surface area (Å²) >= 11 is 0. The van der Waals surface area contributed by atoms with Gasteiger partial charge in [0, 0.05) is 34.2 Å². The summed E-state index contributed by atoms with van der Waals surface area (Å²) in [7, 11) is -6.01. The second-order valence-corrected chi connectivity index (χ2v) is 12.6. The highest BCUT2D eigenvalue weighted by atomic mass is 32.2. The second-order valence-electron chi connectivity index (χ2n) is 11.1. The Kier molecular flexibility index (Phi) is 7.80. The molecule has 0 unspecified atom stereocenters. The predicted molar refractivity (Wildman–Crippen MR) is 183 cm³/mol. The van der Waals surface area contributed by atoms with E-state index in [4.69, 9.17) is 8.60 Å². The van der Waals surface area contributed by atoms with Gasteiger partial charge in [0.05, 0.1) is 16.8 Å². The van der Waals surface area contributed by atoms with Crippen LogP contribution in [-0.2, 0) is 10.1 Å². The van der Waals surface area contributed by atoms with Crippen LogP contribution in [0.5, 0.6) is 5.75 Å². The Morgan fingerprint density at radius 2 is 1.04 bits per heavy atom. The van der Waals surface area contributed by atoms with Crippen molar-refractivity contribution in [1.82, 2.24) is 0 Å². The molecular weight excluding hydrogens is 637 g/mol. The summed E-state index contributed by atoms with van der Waals surface area (Å²) < 4.78 is 77.1. The highest BCUT2D eigenvalue weighted by molar-refractivity contribution is 7.88. The first-order valence-electron chi connectivity index (χ1n) is 14.9. The molecule has 0 spiro atoms. The van der Waals surface area contributed by atoms with Gasteiger partial charge in [-0.25, -0.2) is 0 Å². The molecule has 6 nitrogen and oxygen atoms in total. The fraction of sp³-hybridized carbons (Fsp3) is 0.0526. The van der Waals surface area contributed by atoms with Gasteiger partial charge in [-0.2, -0.15) is 21.6 Å². The van der Waals surface area contributed by atoms with E-state index in [9.17, 15) is 21.6 Å². The number of nitrogens with zero attached hydrogens (tertiary/aromatic N) is 2. The lowest BCUT2D eigenvalue weighted by Gasteiger charge is -2.27. The van der Waals surface area contributed by atoms with Crippen molar-refractivity contribution in [2.45, 2.75) is 12.4 Å². The lowest BCUT2D eigenvalue weighted by atomic mass is 10.0. The summed E-state index contributed by atoms with van der Waals surface area (Å²) in [6.45, 7) is 1.93. The molecule has 0 aliphatic heterocycles. The van der Waals surface area contributed by atoms with E-state index < -0.39 is 21.4 Å². The minimum atomic E-state index is -6.01. The monoisotopic (exact) mass is 664 g/mol. The average Bonchev–Trinajstić information content (AvgIpc) is 3.44. The van der Waals surface area contributed by atoms with E-state index in [-0.39, 0.29) is 5.69 Å². The molecule has 0 saturated heterocycles. The summed E-state index contributed by atoms with van der Waals surface area (Å²) in [5, 5.41) is 0.916. The van der Waals surface area contributed by atoms with E-state index in [1.54, 1.807) is 4.90 Å². The maximum absolute atomic E-state index is 13.7. The zero-order chi connectivity index (χ0) is 33.5. The van der Waals surface area contributed by atoms with Crippen molar-refractivity contribution in [2.75, 3.05) is 9.80 Å². The van der Waals surface area contributed by atoms with Crippen molar-refractivity contribution in [3.63, 3.8) is 0 Å². The number of alkyl halides is 3. The third-order valence-corrected chi connectivity index (χ3v) is 8.76. The van der Waals surface area contributed by atoms with Crippen LogP contribution in [0.15, 0.2) is 150 Å². The Bertz CT molecular complexity index is 2250. The molecule has 0 atom stereocenters. The first-order chi connectivity index (χ1) is 23.1. The van der Waals surface area contributed by atoms with Gasteiger partial charge in [-0.3, -0.25) is 0 Å². The van der Waals surface area contributed by atoms with Gasteiger partial charge in [-0.1, -0.05) is 72.8 Å². The fourth-order valence-electron chi connectivity index (χ4n) is 5.80. The summed E-state index contributed by atoms with van der Waals surface area (Å²) in [5.41, 5.74) is -0.0669. The van der Waals surface area contributed by atoms with Crippen LogP contribution in [-0.4, -0.2) is 13.9 Å². The molecule has 7 rings (SSSR count). The summed E-state index contributed by atoms with van der Waals surface area (Å²) in [6.07, 6.45) is 0. The van der Waals surface area contributed by atoms with E-state index in [1.165, 1.54) is 12.1 Å². The van der Waals surface area contributed by atoms with E-state index in [2.05, 4.69) is 0 Å². The maximum atomic E-state index is 13.7. The van der Waals surface area contributed by atoms with Crippen LogP contribution in [0, 0.1) is 6.92 Å². The Hall–Kier alpha value is -5.74. The van der Waals surface area contributed by atoms with Gasteiger partial charge >= 0.3 is 15.6 Å². The molecule has 48 heavy (non-hydrogen) atoms. The van der Waals surface area contributed by atoms with Gasteiger partial charge in [-0.15, -0.1) is 0 Å². The number of aryl methyl sites for hydroxylation is 1. The van der Waals surface area contributed by atoms with Crippen LogP contribution in [0.4, 0.5) is 47.3 Å². The molecular formula is C38H27F3N2O4S. The lowest BCUT2D eigenvalue weighted by Crippen LogP contribution is -2.28. The molecule has 0 fully saturated rings. The third-order valence-electron chi connectivity index (χ3n) is 7.78. The Morgan fingerprint density at radius 1 is 0.604 bits per heavy atom. The van der Waals surface area contributed by atoms with Crippen molar-refractivity contribution in [3.05, 3.63) is 151 Å². The van der Waals surface area contributed by atoms with Gasteiger partial charge in [0.1, 0.15) is 11.3 Å².